The molecule has 0 saturated carbocycles. The number of nitrogens with one attached hydrogen (secondary N) is 3. The number of aliphatic hydroxyl groups is 1. The third kappa shape index (κ3) is 5.70. The van der Waals surface area contributed by atoms with Gasteiger partial charge < -0.3 is 20.3 Å². The zero-order valence-electron chi connectivity index (χ0n) is 20.1. The number of imidazole rings is 1. The Morgan fingerprint density at radius 3 is 2.84 bits per heavy atom. The van der Waals surface area contributed by atoms with Gasteiger partial charge in [-0.15, -0.1) is 0 Å². The number of pyridine rings is 1. The van der Waals surface area contributed by atoms with E-state index >= 15 is 0 Å². The fraction of sp³-hybridized carbons (Fsp3) is 0.222. The number of halogens is 1. The minimum Gasteiger partial charge on any atom is -0.395 e. The minimum atomic E-state index is -0.259. The summed E-state index contributed by atoms with van der Waals surface area (Å²) >= 11 is 0. The molecule has 0 aliphatic carbocycles. The third-order valence-corrected chi connectivity index (χ3v) is 6.13. The van der Waals surface area contributed by atoms with Crippen LogP contribution in [0.1, 0.15) is 30.3 Å². The zero-order chi connectivity index (χ0) is 25.6. The number of likely N-dealkylation sites (tertiary alicyclic amines) is 1. The highest BCUT2D eigenvalue weighted by Crippen LogP contribution is 2.32. The van der Waals surface area contributed by atoms with Gasteiger partial charge in [0.1, 0.15) is 17.5 Å². The first-order valence-electron chi connectivity index (χ1n) is 12.1. The van der Waals surface area contributed by atoms with E-state index in [1.165, 1.54) is 6.07 Å². The van der Waals surface area contributed by atoms with Gasteiger partial charge in [-0.3, -0.25) is 5.41 Å². The quantitative estimate of drug-likeness (QED) is 0.211. The Balaban J connectivity index is 1.29. The number of hydrogen-bond acceptors (Lipinski definition) is 7. The number of H-pyrrole nitrogens is 1. The summed E-state index contributed by atoms with van der Waals surface area (Å²) in [5.41, 5.74) is 3.66. The molecule has 0 radical (unpaired) electrons. The standard InChI is InChI=1S/C27H27FN8O/c28-19-5-1-4-18(16-19)24-8-3-14-36(24)25(29)9-10-26-32-17-23(34-26)21-7-2-6-20(33-21)22-11-12-30-27(35-22)31-13-15-37/h1-2,4-7,9-12,16-17,24,29,37H,3,8,13-15H2,(H,32,34)(H,30,31,35). The molecule has 1 saturated heterocycles. The Hall–Kier alpha value is -4.44. The van der Waals surface area contributed by atoms with E-state index in [-0.39, 0.29) is 18.5 Å². The SMILES string of the molecule is N=C(C=Cc1ncc(-c2cccc(-c3ccnc(NCCO)n3)n2)[nH]1)N1CCCC1c1cccc(F)c1. The summed E-state index contributed by atoms with van der Waals surface area (Å²) in [4.78, 5) is 23.0. The Kier molecular flexibility index (Phi) is 7.27. The van der Waals surface area contributed by atoms with Crippen molar-refractivity contribution in [3.63, 3.8) is 0 Å². The first kappa shape index (κ1) is 24.3. The largest absolute Gasteiger partial charge is 0.395 e. The van der Waals surface area contributed by atoms with Crippen LogP contribution >= 0.6 is 0 Å². The Labute approximate surface area is 213 Å². The fourth-order valence-corrected chi connectivity index (χ4v) is 4.40. The van der Waals surface area contributed by atoms with E-state index in [0.717, 1.165) is 30.6 Å². The molecule has 3 aromatic heterocycles. The lowest BCUT2D eigenvalue weighted by Gasteiger charge is -2.26. The summed E-state index contributed by atoms with van der Waals surface area (Å²) in [6, 6.07) is 14.0. The fourth-order valence-electron chi connectivity index (χ4n) is 4.40. The molecule has 4 N–H and O–H groups in total. The maximum atomic E-state index is 13.7. The van der Waals surface area contributed by atoms with Crippen LogP contribution in [0.2, 0.25) is 0 Å². The van der Waals surface area contributed by atoms with E-state index in [0.29, 0.717) is 41.2 Å². The molecule has 1 atom stereocenters. The van der Waals surface area contributed by atoms with Crippen LogP contribution in [0, 0.1) is 11.2 Å². The lowest BCUT2D eigenvalue weighted by molar-refractivity contribution is 0.311. The van der Waals surface area contributed by atoms with E-state index in [2.05, 4.69) is 25.3 Å². The van der Waals surface area contributed by atoms with Crippen molar-refractivity contribution in [1.82, 2.24) is 29.8 Å². The summed E-state index contributed by atoms with van der Waals surface area (Å²) in [6.07, 6.45) is 8.66. The highest BCUT2D eigenvalue weighted by atomic mass is 19.1. The first-order chi connectivity index (χ1) is 18.1. The van der Waals surface area contributed by atoms with Crippen molar-refractivity contribution in [2.45, 2.75) is 18.9 Å². The predicted molar refractivity (Wildman–Crippen MR) is 140 cm³/mol. The second-order valence-electron chi connectivity index (χ2n) is 8.63. The van der Waals surface area contributed by atoms with Crippen LogP contribution in [0.25, 0.3) is 28.9 Å². The van der Waals surface area contributed by atoms with Crippen LogP contribution in [-0.2, 0) is 0 Å². The number of anilines is 1. The molecular formula is C27H27FN8O. The van der Waals surface area contributed by atoms with Crippen molar-refractivity contribution in [3.05, 3.63) is 84.2 Å². The van der Waals surface area contributed by atoms with Crippen molar-refractivity contribution >= 4 is 17.9 Å². The third-order valence-electron chi connectivity index (χ3n) is 6.13. The summed E-state index contributed by atoms with van der Waals surface area (Å²) in [5, 5.41) is 20.5. The minimum absolute atomic E-state index is 0.00639. The Morgan fingerprint density at radius 1 is 1.14 bits per heavy atom. The van der Waals surface area contributed by atoms with Gasteiger partial charge in [0.25, 0.3) is 0 Å². The van der Waals surface area contributed by atoms with Crippen molar-refractivity contribution in [3.8, 4) is 22.8 Å². The van der Waals surface area contributed by atoms with Crippen molar-refractivity contribution in [1.29, 1.82) is 5.41 Å². The second-order valence-corrected chi connectivity index (χ2v) is 8.63. The predicted octanol–water partition coefficient (Wildman–Crippen LogP) is 4.30. The molecule has 1 aliphatic rings. The average molecular weight is 499 g/mol. The van der Waals surface area contributed by atoms with Gasteiger partial charge in [0.05, 0.1) is 41.6 Å². The molecule has 9 nitrogen and oxygen atoms in total. The Bertz CT molecular complexity index is 1420. The van der Waals surface area contributed by atoms with Gasteiger partial charge >= 0.3 is 0 Å². The summed E-state index contributed by atoms with van der Waals surface area (Å²) < 4.78 is 13.7. The van der Waals surface area contributed by atoms with Gasteiger partial charge in [-0.25, -0.2) is 24.3 Å². The van der Waals surface area contributed by atoms with Gasteiger partial charge in [0, 0.05) is 19.3 Å². The number of nitrogens with zero attached hydrogens (tertiary/aromatic N) is 5. The van der Waals surface area contributed by atoms with Crippen LogP contribution in [0.5, 0.6) is 0 Å². The van der Waals surface area contributed by atoms with Crippen LogP contribution < -0.4 is 5.32 Å². The molecule has 0 spiro atoms. The van der Waals surface area contributed by atoms with Gasteiger partial charge in [-0.1, -0.05) is 18.2 Å². The molecule has 4 aromatic rings. The second kappa shape index (κ2) is 11.1. The molecule has 10 heteroatoms. The molecule has 4 heterocycles. The molecule has 1 unspecified atom stereocenters. The number of hydrogen-bond donors (Lipinski definition) is 4. The molecule has 37 heavy (non-hydrogen) atoms. The average Bonchev–Trinajstić information content (AvgIpc) is 3.61. The van der Waals surface area contributed by atoms with Gasteiger partial charge in [0.15, 0.2) is 0 Å². The lowest BCUT2D eigenvalue weighted by Crippen LogP contribution is -2.28. The summed E-state index contributed by atoms with van der Waals surface area (Å²) in [5.74, 6) is 1.13. The molecule has 0 amide bonds. The highest BCUT2D eigenvalue weighted by molar-refractivity contribution is 5.94. The van der Waals surface area contributed by atoms with Gasteiger partial charge in [0.2, 0.25) is 5.95 Å². The smallest absolute Gasteiger partial charge is 0.223 e. The topological polar surface area (TPSA) is 127 Å². The molecule has 1 aliphatic heterocycles. The Morgan fingerprint density at radius 2 is 1.97 bits per heavy atom. The van der Waals surface area contributed by atoms with Crippen molar-refractivity contribution in [2.24, 2.45) is 0 Å². The zero-order valence-corrected chi connectivity index (χ0v) is 20.1. The summed E-state index contributed by atoms with van der Waals surface area (Å²) in [6.45, 7) is 1.11. The number of rotatable bonds is 8. The van der Waals surface area contributed by atoms with E-state index in [1.54, 1.807) is 42.7 Å². The molecule has 5 rings (SSSR count). The number of amidine groups is 1. The van der Waals surface area contributed by atoms with Crippen LogP contribution in [-0.4, -0.2) is 60.5 Å². The monoisotopic (exact) mass is 498 g/mol. The van der Waals surface area contributed by atoms with E-state index in [4.69, 9.17) is 15.5 Å². The number of aromatic nitrogens is 5. The molecular weight excluding hydrogens is 471 g/mol. The van der Waals surface area contributed by atoms with E-state index in [9.17, 15) is 4.39 Å². The van der Waals surface area contributed by atoms with E-state index < -0.39 is 0 Å². The maximum absolute atomic E-state index is 13.7. The maximum Gasteiger partial charge on any atom is 0.223 e. The van der Waals surface area contributed by atoms with E-state index in [1.807, 2.05) is 29.2 Å². The lowest BCUT2D eigenvalue weighted by atomic mass is 10.0. The van der Waals surface area contributed by atoms with Crippen LogP contribution in [0.15, 0.2) is 67.0 Å². The van der Waals surface area contributed by atoms with Gasteiger partial charge in [-0.2, -0.15) is 0 Å². The molecule has 188 valence electrons. The van der Waals surface area contributed by atoms with Crippen LogP contribution in [0.3, 0.4) is 0 Å². The van der Waals surface area contributed by atoms with Gasteiger partial charge in [-0.05, 0) is 60.9 Å². The van der Waals surface area contributed by atoms with Crippen molar-refractivity contribution < 1.29 is 9.50 Å². The molecule has 0 bridgehead atoms. The highest BCUT2D eigenvalue weighted by Gasteiger charge is 2.27. The normalized spacial score (nSPS) is 15.4. The van der Waals surface area contributed by atoms with Crippen molar-refractivity contribution in [2.75, 3.05) is 25.0 Å². The first-order valence-corrected chi connectivity index (χ1v) is 12.1. The molecule has 1 fully saturated rings. The molecule has 1 aromatic carbocycles. The summed E-state index contributed by atoms with van der Waals surface area (Å²) in [7, 11) is 0. The number of aromatic amines is 1. The number of aliphatic hydroxyl groups excluding tert-OH is 1. The van der Waals surface area contributed by atoms with Crippen LogP contribution in [0.4, 0.5) is 10.3 Å². The number of benzene rings is 1.